The van der Waals surface area contributed by atoms with Crippen LogP contribution in [-0.4, -0.2) is 60.5 Å². The third-order valence-corrected chi connectivity index (χ3v) is 7.07. The number of carbonyl (C=O) groups is 2. The summed E-state index contributed by atoms with van der Waals surface area (Å²) in [4.78, 5) is 40.5. The number of halogens is 1. The van der Waals surface area contributed by atoms with E-state index in [2.05, 4.69) is 9.97 Å². The van der Waals surface area contributed by atoms with Crippen molar-refractivity contribution >= 4 is 34.1 Å². The fraction of sp³-hybridized carbons (Fsp3) is 0.500. The van der Waals surface area contributed by atoms with Crippen LogP contribution in [0.4, 0.5) is 15.3 Å². The molecule has 0 radical (unpaired) electrons. The molecule has 10 heteroatoms. The maximum atomic E-state index is 13.7. The number of amides is 2. The van der Waals surface area contributed by atoms with Crippen molar-refractivity contribution < 1.29 is 18.7 Å². The summed E-state index contributed by atoms with van der Waals surface area (Å²) in [6, 6.07) is 0. The molecule has 30 heavy (non-hydrogen) atoms. The van der Waals surface area contributed by atoms with Crippen LogP contribution in [-0.2, 0) is 17.8 Å². The lowest BCUT2D eigenvalue weighted by atomic mass is 10.0. The van der Waals surface area contributed by atoms with Crippen molar-refractivity contribution in [3.8, 4) is 5.88 Å². The third kappa shape index (κ3) is 3.19. The van der Waals surface area contributed by atoms with E-state index < -0.39 is 5.82 Å². The van der Waals surface area contributed by atoms with Gasteiger partial charge in [0.15, 0.2) is 0 Å². The molecule has 158 valence electrons. The second-order valence-electron chi connectivity index (χ2n) is 7.99. The summed E-state index contributed by atoms with van der Waals surface area (Å²) in [5, 5.41) is 0.769. The lowest BCUT2D eigenvalue weighted by molar-refractivity contribution is -0.119. The Morgan fingerprint density at radius 2 is 2.10 bits per heavy atom. The minimum Gasteiger partial charge on any atom is -0.479 e. The molecule has 0 bridgehead atoms. The number of nitrogens with zero attached hydrogens (tertiary/aromatic N) is 5. The van der Waals surface area contributed by atoms with Gasteiger partial charge in [-0.15, -0.1) is 11.3 Å². The molecule has 0 spiro atoms. The zero-order valence-electron chi connectivity index (χ0n) is 16.9. The second-order valence-corrected chi connectivity index (χ2v) is 9.08. The van der Waals surface area contributed by atoms with Gasteiger partial charge in [0.1, 0.15) is 11.5 Å². The first-order valence-electron chi connectivity index (χ1n) is 9.98. The molecule has 2 aromatic rings. The molecule has 4 heterocycles. The van der Waals surface area contributed by atoms with E-state index >= 15 is 0 Å². The summed E-state index contributed by atoms with van der Waals surface area (Å²) < 4.78 is 18.7. The molecule has 0 saturated heterocycles. The maximum absolute atomic E-state index is 13.7. The zero-order valence-corrected chi connectivity index (χ0v) is 17.7. The molecule has 1 fully saturated rings. The molecule has 5 rings (SSSR count). The molecular formula is C20H22FN5O3S. The van der Waals surface area contributed by atoms with Crippen molar-refractivity contribution in [1.29, 1.82) is 0 Å². The fourth-order valence-electron chi connectivity index (χ4n) is 4.02. The van der Waals surface area contributed by atoms with Gasteiger partial charge in [0, 0.05) is 25.0 Å². The first-order chi connectivity index (χ1) is 14.5. The van der Waals surface area contributed by atoms with Crippen LogP contribution in [0.1, 0.15) is 33.6 Å². The third-order valence-electron chi connectivity index (χ3n) is 5.83. The number of anilines is 2. The van der Waals surface area contributed by atoms with Crippen LogP contribution in [0.5, 0.6) is 5.88 Å². The lowest BCUT2D eigenvalue weighted by Crippen LogP contribution is -2.38. The van der Waals surface area contributed by atoms with E-state index in [1.54, 1.807) is 7.05 Å². The Morgan fingerprint density at radius 3 is 2.83 bits per heavy atom. The van der Waals surface area contributed by atoms with Gasteiger partial charge in [-0.2, -0.15) is 9.37 Å². The molecular weight excluding hydrogens is 409 g/mol. The van der Waals surface area contributed by atoms with Gasteiger partial charge in [0.25, 0.3) is 11.8 Å². The van der Waals surface area contributed by atoms with Gasteiger partial charge < -0.3 is 19.4 Å². The Hall–Kier alpha value is -2.75. The Balaban J connectivity index is 1.51. The number of ether oxygens (including phenoxy) is 1. The predicted octanol–water partition coefficient (Wildman–Crippen LogP) is 2.08. The van der Waals surface area contributed by atoms with E-state index in [1.165, 1.54) is 23.3 Å². The van der Waals surface area contributed by atoms with Crippen molar-refractivity contribution in [3.05, 3.63) is 28.0 Å². The molecule has 1 saturated carbocycles. The molecule has 0 aromatic carbocycles. The highest BCUT2D eigenvalue weighted by Gasteiger charge is 2.39. The number of rotatable bonds is 4. The van der Waals surface area contributed by atoms with Crippen molar-refractivity contribution in [3.63, 3.8) is 0 Å². The molecule has 3 aliphatic rings. The number of methoxy groups -OCH3 is 1. The summed E-state index contributed by atoms with van der Waals surface area (Å²) >= 11 is 1.51. The predicted molar refractivity (Wildman–Crippen MR) is 110 cm³/mol. The summed E-state index contributed by atoms with van der Waals surface area (Å²) in [7, 11) is 3.05. The van der Waals surface area contributed by atoms with Crippen molar-refractivity contribution in [1.82, 2.24) is 14.9 Å². The van der Waals surface area contributed by atoms with Crippen LogP contribution in [0.15, 0.2) is 6.20 Å². The molecule has 1 aliphatic carbocycles. The second kappa shape index (κ2) is 7.19. The summed E-state index contributed by atoms with van der Waals surface area (Å²) in [5.41, 5.74) is 1.67. The number of aromatic nitrogens is 2. The molecule has 2 amide bonds. The molecule has 0 N–H and O–H groups in total. The van der Waals surface area contributed by atoms with E-state index in [1.807, 2.05) is 9.80 Å². The van der Waals surface area contributed by atoms with Gasteiger partial charge in [0.05, 0.1) is 25.4 Å². The minimum atomic E-state index is -0.607. The summed E-state index contributed by atoms with van der Waals surface area (Å²) in [6.45, 7) is 1.88. The van der Waals surface area contributed by atoms with E-state index in [-0.39, 0.29) is 24.2 Å². The van der Waals surface area contributed by atoms with Crippen molar-refractivity contribution in [2.75, 3.05) is 43.6 Å². The highest BCUT2D eigenvalue weighted by atomic mass is 32.1. The average molecular weight is 431 g/mol. The van der Waals surface area contributed by atoms with Crippen LogP contribution in [0, 0.1) is 11.7 Å². The SMILES string of the molecule is COc1nc(N2CCc3c(sc4c3C(=O)N(C)CC(=O)N4CC3CC3)C2)ncc1F. The standard InChI is InChI=1S/C20H22FN5O3S/c1-24-10-15(27)26(8-11-3-4-11)19-16(18(24)28)12-5-6-25(9-14(12)30-19)20-22-7-13(21)17(23-20)29-2/h7,11H,3-6,8-10H2,1-2H3. The summed E-state index contributed by atoms with van der Waals surface area (Å²) in [5.74, 6) is 0.0872. The van der Waals surface area contributed by atoms with Gasteiger partial charge in [-0.05, 0) is 30.7 Å². The van der Waals surface area contributed by atoms with E-state index in [0.717, 1.165) is 34.5 Å². The van der Waals surface area contributed by atoms with Crippen LogP contribution in [0.2, 0.25) is 0 Å². The van der Waals surface area contributed by atoms with E-state index in [0.29, 0.717) is 43.5 Å². The molecule has 0 atom stereocenters. The van der Waals surface area contributed by atoms with Crippen LogP contribution < -0.4 is 14.5 Å². The van der Waals surface area contributed by atoms with Gasteiger partial charge >= 0.3 is 0 Å². The van der Waals surface area contributed by atoms with Gasteiger partial charge in [-0.25, -0.2) is 4.98 Å². The number of hydrogen-bond donors (Lipinski definition) is 0. The van der Waals surface area contributed by atoms with E-state index in [4.69, 9.17) is 4.74 Å². The van der Waals surface area contributed by atoms with Crippen molar-refractivity contribution in [2.45, 2.75) is 25.8 Å². The normalized spacial score (nSPS) is 19.0. The topological polar surface area (TPSA) is 78.9 Å². The number of hydrogen-bond acceptors (Lipinski definition) is 7. The van der Waals surface area contributed by atoms with E-state index in [9.17, 15) is 14.0 Å². The van der Waals surface area contributed by atoms with Crippen LogP contribution >= 0.6 is 11.3 Å². The Kier molecular flexibility index (Phi) is 4.61. The molecule has 2 aromatic heterocycles. The largest absolute Gasteiger partial charge is 0.479 e. The molecule has 2 aliphatic heterocycles. The van der Waals surface area contributed by atoms with Crippen molar-refractivity contribution in [2.24, 2.45) is 5.92 Å². The first kappa shape index (κ1) is 19.2. The average Bonchev–Trinajstić information content (AvgIpc) is 3.50. The number of fused-ring (bicyclic) bond motifs is 3. The number of thiophene rings is 1. The summed E-state index contributed by atoms with van der Waals surface area (Å²) in [6.07, 6.45) is 4.00. The Bertz CT molecular complexity index is 1040. The molecule has 0 unspecified atom stereocenters. The minimum absolute atomic E-state index is 0.0291. The van der Waals surface area contributed by atoms with Gasteiger partial charge in [0.2, 0.25) is 17.7 Å². The molecule has 8 nitrogen and oxygen atoms in total. The monoisotopic (exact) mass is 431 g/mol. The van der Waals surface area contributed by atoms with Gasteiger partial charge in [-0.1, -0.05) is 0 Å². The smallest absolute Gasteiger partial charge is 0.257 e. The Labute approximate surface area is 177 Å². The van der Waals surface area contributed by atoms with Gasteiger partial charge in [-0.3, -0.25) is 9.59 Å². The number of likely N-dealkylation sites (N-methyl/N-ethyl adjacent to an activating group) is 1. The number of carbonyl (C=O) groups excluding carboxylic acids is 2. The first-order valence-corrected chi connectivity index (χ1v) is 10.8. The fourth-order valence-corrected chi connectivity index (χ4v) is 5.40. The quantitative estimate of drug-likeness (QED) is 0.738. The van der Waals surface area contributed by atoms with Crippen LogP contribution in [0.25, 0.3) is 0 Å². The Morgan fingerprint density at radius 1 is 1.30 bits per heavy atom. The van der Waals surface area contributed by atoms with Crippen LogP contribution in [0.3, 0.4) is 0 Å². The lowest BCUT2D eigenvalue weighted by Gasteiger charge is -2.27. The highest BCUT2D eigenvalue weighted by molar-refractivity contribution is 7.17. The highest BCUT2D eigenvalue weighted by Crippen LogP contribution is 2.43. The zero-order chi connectivity index (χ0) is 21.0. The maximum Gasteiger partial charge on any atom is 0.257 e.